The molecule has 5 nitrogen and oxygen atoms in total. The lowest BCUT2D eigenvalue weighted by Crippen LogP contribution is -2.36. The molecule has 1 aliphatic rings. The minimum absolute atomic E-state index is 0.253. The SMILES string of the molecule is Cc1nc(Nc2ccc(Cl)c(C(F)(F)F)c2)cc(N2CCOCC2)n1. The highest BCUT2D eigenvalue weighted by Gasteiger charge is 2.33. The zero-order chi connectivity index (χ0) is 18.0. The number of aryl methyl sites for hydroxylation is 1. The van der Waals surface area contributed by atoms with E-state index in [0.29, 0.717) is 43.8 Å². The van der Waals surface area contributed by atoms with Crippen LogP contribution in [0, 0.1) is 6.92 Å². The van der Waals surface area contributed by atoms with E-state index in [1.807, 2.05) is 4.90 Å². The topological polar surface area (TPSA) is 50.3 Å². The molecule has 3 rings (SSSR count). The molecular weight excluding hydrogens is 357 g/mol. The normalized spacial score (nSPS) is 15.3. The first kappa shape index (κ1) is 17.8. The van der Waals surface area contributed by atoms with E-state index in [1.54, 1.807) is 13.0 Å². The number of nitrogens with zero attached hydrogens (tertiary/aromatic N) is 3. The summed E-state index contributed by atoms with van der Waals surface area (Å²) in [6, 6.07) is 5.36. The van der Waals surface area contributed by atoms with Crippen molar-refractivity contribution in [3.05, 3.63) is 40.7 Å². The van der Waals surface area contributed by atoms with Crippen molar-refractivity contribution >= 4 is 28.9 Å². The van der Waals surface area contributed by atoms with Crippen LogP contribution in [-0.4, -0.2) is 36.3 Å². The van der Waals surface area contributed by atoms with Crippen molar-refractivity contribution in [2.75, 3.05) is 36.5 Å². The first-order valence-corrected chi connectivity index (χ1v) is 8.03. The van der Waals surface area contributed by atoms with E-state index >= 15 is 0 Å². The number of alkyl halides is 3. The first-order chi connectivity index (χ1) is 11.8. The number of halogens is 4. The molecule has 25 heavy (non-hydrogen) atoms. The minimum atomic E-state index is -4.52. The van der Waals surface area contributed by atoms with Crippen molar-refractivity contribution in [1.82, 2.24) is 9.97 Å². The number of benzene rings is 1. The van der Waals surface area contributed by atoms with E-state index in [0.717, 1.165) is 6.07 Å². The summed E-state index contributed by atoms with van der Waals surface area (Å²) in [7, 11) is 0. The Morgan fingerprint density at radius 3 is 2.56 bits per heavy atom. The van der Waals surface area contributed by atoms with Gasteiger partial charge in [0.05, 0.1) is 23.8 Å². The Hall–Kier alpha value is -2.06. The van der Waals surface area contributed by atoms with Gasteiger partial charge >= 0.3 is 6.18 Å². The van der Waals surface area contributed by atoms with Crippen molar-refractivity contribution in [2.24, 2.45) is 0 Å². The van der Waals surface area contributed by atoms with Crippen molar-refractivity contribution in [2.45, 2.75) is 13.1 Å². The fraction of sp³-hybridized carbons (Fsp3) is 0.375. The van der Waals surface area contributed by atoms with Crippen LogP contribution in [0.1, 0.15) is 11.4 Å². The summed E-state index contributed by atoms with van der Waals surface area (Å²) >= 11 is 5.64. The molecule has 0 bridgehead atoms. The molecule has 0 amide bonds. The molecule has 2 heterocycles. The van der Waals surface area contributed by atoms with Crippen LogP contribution in [0.15, 0.2) is 24.3 Å². The fourth-order valence-electron chi connectivity index (χ4n) is 2.54. The van der Waals surface area contributed by atoms with Gasteiger partial charge in [-0.25, -0.2) is 9.97 Å². The molecule has 1 fully saturated rings. The predicted molar refractivity (Wildman–Crippen MR) is 89.5 cm³/mol. The van der Waals surface area contributed by atoms with Crippen molar-refractivity contribution in [3.63, 3.8) is 0 Å². The molecular formula is C16H16ClF3N4O. The van der Waals surface area contributed by atoms with Gasteiger partial charge in [-0.3, -0.25) is 0 Å². The van der Waals surface area contributed by atoms with Gasteiger partial charge in [0.1, 0.15) is 17.5 Å². The van der Waals surface area contributed by atoms with E-state index in [9.17, 15) is 13.2 Å². The van der Waals surface area contributed by atoms with Gasteiger partial charge in [-0.05, 0) is 25.1 Å². The summed E-state index contributed by atoms with van der Waals surface area (Å²) in [6.45, 7) is 4.36. The van der Waals surface area contributed by atoms with Gasteiger partial charge in [0.15, 0.2) is 0 Å². The molecule has 0 aliphatic carbocycles. The molecule has 1 saturated heterocycles. The van der Waals surface area contributed by atoms with Crippen LogP contribution in [0.5, 0.6) is 0 Å². The molecule has 1 N–H and O–H groups in total. The number of rotatable bonds is 3. The molecule has 0 saturated carbocycles. The zero-order valence-electron chi connectivity index (χ0n) is 13.4. The Balaban J connectivity index is 1.87. The average Bonchev–Trinajstić information content (AvgIpc) is 2.56. The van der Waals surface area contributed by atoms with Gasteiger partial charge in [-0.2, -0.15) is 13.2 Å². The Bertz CT molecular complexity index is 764. The van der Waals surface area contributed by atoms with Gasteiger partial charge in [-0.1, -0.05) is 11.6 Å². The summed E-state index contributed by atoms with van der Waals surface area (Å²) in [5, 5.41) is 2.55. The van der Waals surface area contributed by atoms with E-state index in [1.165, 1.54) is 12.1 Å². The van der Waals surface area contributed by atoms with Gasteiger partial charge in [0.2, 0.25) is 0 Å². The molecule has 1 aromatic carbocycles. The van der Waals surface area contributed by atoms with Crippen LogP contribution in [0.2, 0.25) is 5.02 Å². The Labute approximate surface area is 147 Å². The van der Waals surface area contributed by atoms with Crippen LogP contribution in [0.4, 0.5) is 30.5 Å². The van der Waals surface area contributed by atoms with Crippen molar-refractivity contribution < 1.29 is 17.9 Å². The Morgan fingerprint density at radius 1 is 1.16 bits per heavy atom. The first-order valence-electron chi connectivity index (χ1n) is 7.65. The molecule has 0 atom stereocenters. The maximum Gasteiger partial charge on any atom is 0.417 e. The average molecular weight is 373 g/mol. The molecule has 0 spiro atoms. The lowest BCUT2D eigenvalue weighted by atomic mass is 10.2. The maximum atomic E-state index is 13.0. The molecule has 0 unspecified atom stereocenters. The van der Waals surface area contributed by atoms with Gasteiger partial charge in [0.25, 0.3) is 0 Å². The van der Waals surface area contributed by atoms with Crippen LogP contribution >= 0.6 is 11.6 Å². The lowest BCUT2D eigenvalue weighted by Gasteiger charge is -2.28. The number of aromatic nitrogens is 2. The highest BCUT2D eigenvalue weighted by molar-refractivity contribution is 6.31. The third kappa shape index (κ3) is 4.32. The lowest BCUT2D eigenvalue weighted by molar-refractivity contribution is -0.137. The summed E-state index contributed by atoms with van der Waals surface area (Å²) < 4.78 is 44.3. The van der Waals surface area contributed by atoms with E-state index < -0.39 is 11.7 Å². The van der Waals surface area contributed by atoms with Gasteiger partial charge in [0, 0.05) is 24.8 Å². The standard InChI is InChI=1S/C16H16ClF3N4O/c1-10-21-14(9-15(22-10)24-4-6-25-7-5-24)23-11-2-3-13(17)12(8-11)16(18,19)20/h2-3,8-9H,4-7H2,1H3,(H,21,22,23). The van der Waals surface area contributed by atoms with Crippen molar-refractivity contribution in [1.29, 1.82) is 0 Å². The predicted octanol–water partition coefficient (Wildman–Crippen LogP) is 4.04. The summed E-state index contributed by atoms with van der Waals surface area (Å²) in [5.41, 5.74) is -0.638. The van der Waals surface area contributed by atoms with Crippen LogP contribution < -0.4 is 10.2 Å². The molecule has 2 aromatic rings. The van der Waals surface area contributed by atoms with Crippen LogP contribution in [-0.2, 0) is 10.9 Å². The number of hydrogen-bond donors (Lipinski definition) is 1. The van der Waals surface area contributed by atoms with E-state index in [-0.39, 0.29) is 10.7 Å². The molecule has 1 aromatic heterocycles. The number of morpholine rings is 1. The van der Waals surface area contributed by atoms with Crippen LogP contribution in [0.3, 0.4) is 0 Å². The fourth-order valence-corrected chi connectivity index (χ4v) is 2.76. The molecule has 9 heteroatoms. The second-order valence-corrected chi connectivity index (χ2v) is 5.98. The number of nitrogens with one attached hydrogen (secondary N) is 1. The summed E-state index contributed by atoms with van der Waals surface area (Å²) in [6.07, 6.45) is -4.52. The van der Waals surface area contributed by atoms with Gasteiger partial charge in [-0.15, -0.1) is 0 Å². The zero-order valence-corrected chi connectivity index (χ0v) is 14.2. The highest BCUT2D eigenvalue weighted by atomic mass is 35.5. The smallest absolute Gasteiger partial charge is 0.378 e. The largest absolute Gasteiger partial charge is 0.417 e. The summed E-state index contributed by atoms with van der Waals surface area (Å²) in [5.74, 6) is 1.66. The third-order valence-electron chi connectivity index (χ3n) is 3.70. The number of anilines is 3. The van der Waals surface area contributed by atoms with Crippen molar-refractivity contribution in [3.8, 4) is 0 Å². The molecule has 0 radical (unpaired) electrons. The second-order valence-electron chi connectivity index (χ2n) is 5.58. The Morgan fingerprint density at radius 2 is 1.88 bits per heavy atom. The van der Waals surface area contributed by atoms with E-state index in [2.05, 4.69) is 15.3 Å². The monoisotopic (exact) mass is 372 g/mol. The molecule has 1 aliphatic heterocycles. The maximum absolute atomic E-state index is 13.0. The summed E-state index contributed by atoms with van der Waals surface area (Å²) in [4.78, 5) is 10.7. The second kappa shape index (κ2) is 7.05. The number of ether oxygens (including phenoxy) is 1. The van der Waals surface area contributed by atoms with E-state index in [4.69, 9.17) is 16.3 Å². The third-order valence-corrected chi connectivity index (χ3v) is 4.03. The van der Waals surface area contributed by atoms with Crippen LogP contribution in [0.25, 0.3) is 0 Å². The quantitative estimate of drug-likeness (QED) is 0.881. The minimum Gasteiger partial charge on any atom is -0.378 e. The molecule has 134 valence electrons. The highest BCUT2D eigenvalue weighted by Crippen LogP contribution is 2.36. The Kier molecular flexibility index (Phi) is 5.01. The number of hydrogen-bond acceptors (Lipinski definition) is 5. The van der Waals surface area contributed by atoms with Gasteiger partial charge < -0.3 is 15.0 Å².